The van der Waals surface area contributed by atoms with Crippen molar-refractivity contribution < 1.29 is 17.9 Å². The van der Waals surface area contributed by atoms with Crippen LogP contribution in [0.1, 0.15) is 40.0 Å². The number of likely N-dealkylation sites (N-methyl/N-ethyl adjacent to an activating group) is 2. The second kappa shape index (κ2) is 12.9. The number of sulfonamides is 1. The molecule has 0 aromatic heterocycles. The number of hydrogen-bond acceptors (Lipinski definition) is 5. The Morgan fingerprint density at radius 3 is 2.50 bits per heavy atom. The number of guanidine groups is 1. The molecule has 1 rings (SSSR count). The number of rotatable bonds is 11. The Morgan fingerprint density at radius 1 is 1.21 bits per heavy atom. The Bertz CT molecular complexity index is 587. The number of ether oxygens (including phenoxy) is 1. The Morgan fingerprint density at radius 2 is 1.93 bits per heavy atom. The van der Waals surface area contributed by atoms with Crippen LogP contribution < -0.4 is 10.0 Å². The molecule has 0 aromatic rings. The van der Waals surface area contributed by atoms with Crippen LogP contribution in [0.3, 0.4) is 0 Å². The van der Waals surface area contributed by atoms with Gasteiger partial charge in [-0.1, -0.05) is 0 Å². The lowest BCUT2D eigenvalue weighted by molar-refractivity contribution is -0.131. The molecular formula is C18H37N5O4S. The van der Waals surface area contributed by atoms with E-state index in [2.05, 4.69) is 15.0 Å². The average molecular weight is 420 g/mol. The summed E-state index contributed by atoms with van der Waals surface area (Å²) < 4.78 is 32.5. The number of carbonyl (C=O) groups is 1. The van der Waals surface area contributed by atoms with Crippen molar-refractivity contribution in [3.8, 4) is 0 Å². The Labute approximate surface area is 169 Å². The van der Waals surface area contributed by atoms with Crippen LogP contribution in [0.4, 0.5) is 0 Å². The van der Waals surface area contributed by atoms with E-state index >= 15 is 0 Å². The third-order valence-corrected chi connectivity index (χ3v) is 5.94. The summed E-state index contributed by atoms with van der Waals surface area (Å²) in [6, 6.07) is 0. The van der Waals surface area contributed by atoms with Crippen LogP contribution in [0.15, 0.2) is 4.99 Å². The molecule has 0 aliphatic carbocycles. The minimum atomic E-state index is -3.42. The fourth-order valence-corrected chi connectivity index (χ4v) is 3.87. The Kier molecular flexibility index (Phi) is 11.4. The molecule has 0 saturated carbocycles. The number of nitrogens with zero attached hydrogens (tertiary/aromatic N) is 3. The molecule has 0 bridgehead atoms. The molecule has 1 unspecified atom stereocenters. The predicted molar refractivity (Wildman–Crippen MR) is 112 cm³/mol. The van der Waals surface area contributed by atoms with Crippen LogP contribution >= 0.6 is 0 Å². The van der Waals surface area contributed by atoms with Gasteiger partial charge in [-0.15, -0.1) is 0 Å². The first-order valence-corrected chi connectivity index (χ1v) is 11.8. The number of nitrogens with one attached hydrogen (secondary N) is 2. The van der Waals surface area contributed by atoms with Crippen molar-refractivity contribution in [1.29, 1.82) is 0 Å². The lowest BCUT2D eigenvalue weighted by atomic mass is 10.1. The Hall–Kier alpha value is -1.39. The molecule has 1 aliphatic heterocycles. The van der Waals surface area contributed by atoms with E-state index < -0.39 is 10.0 Å². The highest BCUT2D eigenvalue weighted by Gasteiger charge is 2.18. The van der Waals surface area contributed by atoms with Gasteiger partial charge in [0.05, 0.1) is 24.9 Å². The molecule has 0 radical (unpaired) electrons. The zero-order valence-corrected chi connectivity index (χ0v) is 18.6. The third kappa shape index (κ3) is 9.20. The maximum absolute atomic E-state index is 12.3. The molecule has 1 atom stereocenters. The molecule has 1 amide bonds. The first-order chi connectivity index (χ1) is 13.3. The van der Waals surface area contributed by atoms with Gasteiger partial charge < -0.3 is 19.9 Å². The number of carbonyl (C=O) groups excluding carboxylic acids is 1. The molecule has 1 heterocycles. The van der Waals surface area contributed by atoms with Crippen molar-refractivity contribution in [3.05, 3.63) is 0 Å². The molecule has 0 aromatic carbocycles. The number of aliphatic imine (C=N–C) groups is 1. The highest BCUT2D eigenvalue weighted by molar-refractivity contribution is 7.89. The van der Waals surface area contributed by atoms with Crippen molar-refractivity contribution in [2.45, 2.75) is 46.1 Å². The van der Waals surface area contributed by atoms with Gasteiger partial charge in [-0.25, -0.2) is 13.1 Å². The van der Waals surface area contributed by atoms with E-state index in [4.69, 9.17) is 4.74 Å². The fourth-order valence-electron chi connectivity index (χ4n) is 2.96. The van der Waals surface area contributed by atoms with Crippen molar-refractivity contribution in [3.63, 3.8) is 0 Å². The molecule has 1 saturated heterocycles. The first-order valence-electron chi connectivity index (χ1n) is 10.2. The summed E-state index contributed by atoms with van der Waals surface area (Å²) in [6.45, 7) is 9.08. The van der Waals surface area contributed by atoms with Crippen molar-refractivity contribution in [2.75, 3.05) is 58.7 Å². The molecule has 28 heavy (non-hydrogen) atoms. The number of amides is 1. The smallest absolute Gasteiger partial charge is 0.242 e. The predicted octanol–water partition coefficient (Wildman–Crippen LogP) is 0.241. The van der Waals surface area contributed by atoms with Gasteiger partial charge in [0.1, 0.15) is 0 Å². The SMILES string of the molecule is CCNC(=NCCS(=O)(=O)NCC1CCCCO1)N(C)CC(=O)N(CC)CC. The highest BCUT2D eigenvalue weighted by Crippen LogP contribution is 2.11. The van der Waals surface area contributed by atoms with Crippen LogP contribution in [0, 0.1) is 0 Å². The van der Waals surface area contributed by atoms with Gasteiger partial charge in [0.15, 0.2) is 5.96 Å². The molecule has 0 spiro atoms. The maximum Gasteiger partial charge on any atom is 0.242 e. The third-order valence-electron chi connectivity index (χ3n) is 4.61. The van der Waals surface area contributed by atoms with Gasteiger partial charge in [-0.3, -0.25) is 9.79 Å². The Balaban J connectivity index is 2.54. The maximum atomic E-state index is 12.3. The van der Waals surface area contributed by atoms with E-state index in [0.717, 1.165) is 19.3 Å². The summed E-state index contributed by atoms with van der Waals surface area (Å²) in [5.41, 5.74) is 0. The van der Waals surface area contributed by atoms with Crippen LogP contribution in [-0.2, 0) is 19.6 Å². The van der Waals surface area contributed by atoms with Gasteiger partial charge in [0.2, 0.25) is 15.9 Å². The monoisotopic (exact) mass is 419 g/mol. The van der Waals surface area contributed by atoms with E-state index in [1.807, 2.05) is 20.8 Å². The van der Waals surface area contributed by atoms with Crippen molar-refractivity contribution in [1.82, 2.24) is 19.8 Å². The summed E-state index contributed by atoms with van der Waals surface area (Å²) in [5, 5.41) is 3.10. The van der Waals surface area contributed by atoms with Gasteiger partial charge in [0.25, 0.3) is 0 Å². The molecule has 1 fully saturated rings. The zero-order valence-electron chi connectivity index (χ0n) is 17.7. The lowest BCUT2D eigenvalue weighted by Crippen LogP contribution is -2.46. The van der Waals surface area contributed by atoms with Crippen molar-refractivity contribution >= 4 is 21.9 Å². The van der Waals surface area contributed by atoms with E-state index in [1.54, 1.807) is 16.8 Å². The van der Waals surface area contributed by atoms with Crippen LogP contribution in [-0.4, -0.2) is 94.9 Å². The van der Waals surface area contributed by atoms with Crippen LogP contribution in [0.25, 0.3) is 0 Å². The standard InChI is InChI=1S/C18H37N5O4S/c1-5-19-18(22(4)15-17(24)23(6-2)7-3)20-11-13-28(25,26)21-14-16-10-8-9-12-27-16/h16,21H,5-15H2,1-4H3,(H,19,20). The topological polar surface area (TPSA) is 103 Å². The number of hydrogen-bond donors (Lipinski definition) is 2. The quantitative estimate of drug-likeness (QED) is 0.367. The summed E-state index contributed by atoms with van der Waals surface area (Å²) in [7, 11) is -1.65. The van der Waals surface area contributed by atoms with Gasteiger partial charge >= 0.3 is 0 Å². The summed E-state index contributed by atoms with van der Waals surface area (Å²) in [5.74, 6) is 0.431. The average Bonchev–Trinajstić information content (AvgIpc) is 2.67. The van der Waals surface area contributed by atoms with Crippen molar-refractivity contribution in [2.24, 2.45) is 4.99 Å². The van der Waals surface area contributed by atoms with Gasteiger partial charge in [0, 0.05) is 39.8 Å². The molecule has 164 valence electrons. The van der Waals surface area contributed by atoms with Gasteiger partial charge in [-0.05, 0) is 40.0 Å². The minimum Gasteiger partial charge on any atom is -0.377 e. The molecule has 9 nitrogen and oxygen atoms in total. The van der Waals surface area contributed by atoms with E-state index in [1.165, 1.54) is 0 Å². The second-order valence-electron chi connectivity index (χ2n) is 6.81. The second-order valence-corrected chi connectivity index (χ2v) is 8.74. The van der Waals surface area contributed by atoms with Crippen LogP contribution in [0.5, 0.6) is 0 Å². The highest BCUT2D eigenvalue weighted by atomic mass is 32.2. The lowest BCUT2D eigenvalue weighted by Gasteiger charge is -2.25. The fraction of sp³-hybridized carbons (Fsp3) is 0.889. The van der Waals surface area contributed by atoms with Gasteiger partial charge in [-0.2, -0.15) is 0 Å². The summed E-state index contributed by atoms with van der Waals surface area (Å²) in [6.07, 6.45) is 2.95. The van der Waals surface area contributed by atoms with E-state index in [-0.39, 0.29) is 30.9 Å². The first kappa shape index (κ1) is 24.6. The van der Waals surface area contributed by atoms with Crippen LogP contribution in [0.2, 0.25) is 0 Å². The zero-order chi connectivity index (χ0) is 21.0. The molecule has 1 aliphatic rings. The largest absolute Gasteiger partial charge is 0.377 e. The molecule has 2 N–H and O–H groups in total. The van der Waals surface area contributed by atoms with E-state index in [0.29, 0.717) is 38.7 Å². The minimum absolute atomic E-state index is 0.0138. The molecule has 10 heteroatoms. The normalized spacial score (nSPS) is 18.0. The van der Waals surface area contributed by atoms with E-state index in [9.17, 15) is 13.2 Å². The summed E-state index contributed by atoms with van der Waals surface area (Å²) in [4.78, 5) is 20.1. The summed E-state index contributed by atoms with van der Waals surface area (Å²) >= 11 is 0. The molecular weight excluding hydrogens is 382 g/mol.